The first-order valence-corrected chi connectivity index (χ1v) is 14.8. The Morgan fingerprint density at radius 1 is 1.00 bits per heavy atom. The van der Waals surface area contributed by atoms with Gasteiger partial charge in [0.25, 0.3) is 0 Å². The van der Waals surface area contributed by atoms with Crippen molar-refractivity contribution in [2.24, 2.45) is 5.41 Å². The average Bonchev–Trinajstić information content (AvgIpc) is 3.31. The highest BCUT2D eigenvalue weighted by atomic mass is 16.3. The van der Waals surface area contributed by atoms with Crippen LogP contribution in [0.15, 0.2) is 42.7 Å². The maximum atomic E-state index is 10.4. The molecule has 206 valence electrons. The molecule has 3 aromatic heterocycles. The number of rotatable bonds is 4. The van der Waals surface area contributed by atoms with Crippen LogP contribution in [0, 0.1) is 5.41 Å². The van der Waals surface area contributed by atoms with Crippen molar-refractivity contribution in [1.29, 1.82) is 0 Å². The summed E-state index contributed by atoms with van der Waals surface area (Å²) in [6.07, 6.45) is 10.2. The van der Waals surface area contributed by atoms with E-state index in [0.29, 0.717) is 22.6 Å². The minimum Gasteiger partial charge on any atom is -0.507 e. The largest absolute Gasteiger partial charge is 0.507 e. The molecular weight excluding hydrogens is 500 g/mol. The van der Waals surface area contributed by atoms with Crippen molar-refractivity contribution in [3.63, 3.8) is 0 Å². The quantitative estimate of drug-likeness (QED) is 0.357. The van der Waals surface area contributed by atoms with Gasteiger partial charge in [0.15, 0.2) is 5.65 Å². The molecule has 1 spiro atoms. The smallest absolute Gasteiger partial charge is 0.225 e. The van der Waals surface area contributed by atoms with E-state index in [2.05, 4.69) is 49.6 Å². The molecule has 40 heavy (non-hydrogen) atoms. The third-order valence-corrected chi connectivity index (χ3v) is 10.1. The SMILES string of the molecule is CC1c2c([nH]c3nnc(-c4ccccc4O)cc23)CCN1c1ncc(C2CCN(C3CC4(CNC4)C3)CC2)cn1. The number of benzene rings is 1. The molecule has 1 atom stereocenters. The lowest BCUT2D eigenvalue weighted by molar-refractivity contribution is -0.0432. The zero-order valence-corrected chi connectivity index (χ0v) is 23.0. The maximum Gasteiger partial charge on any atom is 0.225 e. The monoisotopic (exact) mass is 536 g/mol. The van der Waals surface area contributed by atoms with Crippen molar-refractivity contribution >= 4 is 17.0 Å². The number of nitrogens with zero attached hydrogens (tertiary/aromatic N) is 6. The van der Waals surface area contributed by atoms with Gasteiger partial charge in [0.1, 0.15) is 5.75 Å². The number of likely N-dealkylation sites (tertiary alicyclic amines) is 1. The van der Waals surface area contributed by atoms with Crippen LogP contribution >= 0.6 is 0 Å². The predicted octanol–water partition coefficient (Wildman–Crippen LogP) is 4.18. The molecule has 1 aliphatic carbocycles. The van der Waals surface area contributed by atoms with Gasteiger partial charge < -0.3 is 25.2 Å². The molecular formula is C31H36N8O. The number of aromatic hydroxyl groups is 1. The molecule has 0 amide bonds. The van der Waals surface area contributed by atoms with Gasteiger partial charge in [-0.1, -0.05) is 12.1 Å². The molecule has 9 nitrogen and oxygen atoms in total. The zero-order chi connectivity index (χ0) is 26.8. The molecule has 3 fully saturated rings. The fraction of sp³-hybridized carbons (Fsp3) is 0.484. The molecule has 2 saturated heterocycles. The van der Waals surface area contributed by atoms with Gasteiger partial charge >= 0.3 is 0 Å². The van der Waals surface area contributed by atoms with E-state index in [-0.39, 0.29) is 11.8 Å². The van der Waals surface area contributed by atoms with E-state index in [1.54, 1.807) is 6.07 Å². The molecule has 1 aromatic carbocycles. The molecule has 0 radical (unpaired) electrons. The summed E-state index contributed by atoms with van der Waals surface area (Å²) in [4.78, 5) is 18.3. The van der Waals surface area contributed by atoms with Crippen LogP contribution in [-0.2, 0) is 6.42 Å². The first-order chi connectivity index (χ1) is 19.6. The highest BCUT2D eigenvalue weighted by Crippen LogP contribution is 2.47. The second kappa shape index (κ2) is 9.24. The lowest BCUT2D eigenvalue weighted by Gasteiger charge is -2.58. The van der Waals surface area contributed by atoms with E-state index in [1.807, 2.05) is 24.3 Å². The lowest BCUT2D eigenvalue weighted by Crippen LogP contribution is -2.65. The van der Waals surface area contributed by atoms with Crippen LogP contribution in [-0.4, -0.2) is 73.9 Å². The molecule has 4 aromatic rings. The predicted molar refractivity (Wildman–Crippen MR) is 154 cm³/mol. The van der Waals surface area contributed by atoms with E-state index in [1.165, 1.54) is 68.7 Å². The molecule has 4 aliphatic rings. The van der Waals surface area contributed by atoms with E-state index in [0.717, 1.165) is 36.0 Å². The summed E-state index contributed by atoms with van der Waals surface area (Å²) < 4.78 is 0. The number of phenols is 1. The number of phenolic OH excluding ortho intramolecular Hbond substituents is 1. The molecule has 3 N–H and O–H groups in total. The number of anilines is 1. The summed E-state index contributed by atoms with van der Waals surface area (Å²) in [5, 5.41) is 23.7. The Morgan fingerprint density at radius 3 is 2.50 bits per heavy atom. The van der Waals surface area contributed by atoms with Gasteiger partial charge in [-0.15, -0.1) is 10.2 Å². The Morgan fingerprint density at radius 2 is 1.77 bits per heavy atom. The number of aromatic nitrogens is 5. The minimum atomic E-state index is 0.0876. The molecule has 6 heterocycles. The summed E-state index contributed by atoms with van der Waals surface area (Å²) in [6, 6.07) is 10.2. The van der Waals surface area contributed by atoms with E-state index in [9.17, 15) is 5.11 Å². The number of para-hydroxylation sites is 1. The number of nitrogens with one attached hydrogen (secondary N) is 2. The third kappa shape index (κ3) is 3.89. The van der Waals surface area contributed by atoms with Crippen molar-refractivity contribution in [2.75, 3.05) is 37.6 Å². The first-order valence-electron chi connectivity index (χ1n) is 14.8. The standard InChI is InChI=1S/C31H36N8O/c1-19-28-24-12-26(23-4-2-3-5-27(23)40)36-37-29(24)35-25(28)8-11-39(19)30-33-15-21(16-34-30)20-6-9-38(10-7-20)22-13-31(14-22)17-32-18-31/h2-5,12,15-16,19-20,22,32,40H,6-11,13-14,17-18H2,1H3,(H,35,37). The van der Waals surface area contributed by atoms with Crippen molar-refractivity contribution in [1.82, 2.24) is 35.4 Å². The van der Waals surface area contributed by atoms with Crippen molar-refractivity contribution < 1.29 is 5.11 Å². The zero-order valence-electron chi connectivity index (χ0n) is 23.0. The third-order valence-electron chi connectivity index (χ3n) is 10.1. The van der Waals surface area contributed by atoms with Crippen LogP contribution < -0.4 is 10.2 Å². The van der Waals surface area contributed by atoms with Gasteiger partial charge in [-0.05, 0) is 80.8 Å². The normalized spacial score (nSPS) is 23.2. The fourth-order valence-electron chi connectivity index (χ4n) is 7.67. The lowest BCUT2D eigenvalue weighted by atomic mass is 9.61. The van der Waals surface area contributed by atoms with Gasteiger partial charge in [-0.3, -0.25) is 0 Å². The first kappa shape index (κ1) is 24.3. The summed E-state index contributed by atoms with van der Waals surface area (Å²) in [5.41, 5.74) is 6.45. The number of H-pyrrole nitrogens is 1. The minimum absolute atomic E-state index is 0.0876. The molecule has 1 saturated carbocycles. The van der Waals surface area contributed by atoms with Crippen LogP contribution in [0.5, 0.6) is 5.75 Å². The van der Waals surface area contributed by atoms with Crippen molar-refractivity contribution in [3.05, 3.63) is 59.5 Å². The highest BCUT2D eigenvalue weighted by molar-refractivity contribution is 5.86. The molecule has 9 heteroatoms. The number of aromatic amines is 1. The van der Waals surface area contributed by atoms with Gasteiger partial charge in [0.05, 0.1) is 11.7 Å². The topological polar surface area (TPSA) is 106 Å². The summed E-state index contributed by atoms with van der Waals surface area (Å²) >= 11 is 0. The van der Waals surface area contributed by atoms with Crippen LogP contribution in [0.1, 0.15) is 61.4 Å². The Balaban J connectivity index is 0.980. The molecule has 1 unspecified atom stereocenters. The Hall–Kier alpha value is -3.56. The van der Waals surface area contributed by atoms with E-state index in [4.69, 9.17) is 9.97 Å². The van der Waals surface area contributed by atoms with Crippen molar-refractivity contribution in [3.8, 4) is 17.0 Å². The van der Waals surface area contributed by atoms with Crippen molar-refractivity contribution in [2.45, 2.75) is 57.0 Å². The maximum absolute atomic E-state index is 10.4. The molecule has 0 bridgehead atoms. The average molecular weight is 537 g/mol. The van der Waals surface area contributed by atoms with Gasteiger partial charge in [-0.2, -0.15) is 0 Å². The second-order valence-corrected chi connectivity index (χ2v) is 12.4. The Kier molecular flexibility index (Phi) is 5.60. The second-order valence-electron chi connectivity index (χ2n) is 12.4. The van der Waals surface area contributed by atoms with Gasteiger partial charge in [0.2, 0.25) is 5.95 Å². The fourth-order valence-corrected chi connectivity index (χ4v) is 7.67. The van der Waals surface area contributed by atoms with Gasteiger partial charge in [0, 0.05) is 66.7 Å². The molecule has 3 aliphatic heterocycles. The Bertz CT molecular complexity index is 1550. The van der Waals surface area contributed by atoms with Crippen LogP contribution in [0.25, 0.3) is 22.3 Å². The summed E-state index contributed by atoms with van der Waals surface area (Å²) in [5.74, 6) is 1.54. The number of hydrogen-bond donors (Lipinski definition) is 3. The van der Waals surface area contributed by atoms with Gasteiger partial charge in [-0.25, -0.2) is 9.97 Å². The van der Waals surface area contributed by atoms with E-state index >= 15 is 0 Å². The number of piperidine rings is 1. The number of hydrogen-bond acceptors (Lipinski definition) is 8. The Labute approximate surface area is 234 Å². The summed E-state index contributed by atoms with van der Waals surface area (Å²) in [7, 11) is 0. The van der Waals surface area contributed by atoms with Crippen LogP contribution in [0.2, 0.25) is 0 Å². The van der Waals surface area contributed by atoms with E-state index < -0.39 is 0 Å². The molecule has 8 rings (SSSR count). The van der Waals surface area contributed by atoms with Crippen LogP contribution in [0.3, 0.4) is 0 Å². The number of fused-ring (bicyclic) bond motifs is 3. The highest BCUT2D eigenvalue weighted by Gasteiger charge is 2.50. The summed E-state index contributed by atoms with van der Waals surface area (Å²) in [6.45, 7) is 7.90. The van der Waals surface area contributed by atoms with Crippen LogP contribution in [0.4, 0.5) is 5.95 Å².